The van der Waals surface area contributed by atoms with Crippen LogP contribution in [0.1, 0.15) is 31.9 Å². The van der Waals surface area contributed by atoms with E-state index in [4.69, 9.17) is 0 Å². The van der Waals surface area contributed by atoms with E-state index in [2.05, 4.69) is 17.3 Å². The zero-order valence-electron chi connectivity index (χ0n) is 11.4. The Labute approximate surface area is 109 Å². The number of nitrogens with zero attached hydrogens (tertiary/aromatic N) is 2. The van der Waals surface area contributed by atoms with E-state index in [1.807, 2.05) is 19.3 Å². The Kier molecular flexibility index (Phi) is 4.53. The first-order valence-corrected chi connectivity index (χ1v) is 6.86. The SMILES string of the molecule is CC(CC(=O)Cc1ccn(C)n1)C1CCCNC1. The standard InChI is InChI=1S/C14H23N3O/c1-11(12-4-3-6-15-10-12)8-14(18)9-13-5-7-17(2)16-13/h5,7,11-12,15H,3-4,6,8-10H2,1-2H3. The van der Waals surface area contributed by atoms with Crippen molar-refractivity contribution in [3.05, 3.63) is 18.0 Å². The van der Waals surface area contributed by atoms with Crippen molar-refractivity contribution >= 4 is 5.78 Å². The Morgan fingerprint density at radius 1 is 1.67 bits per heavy atom. The number of hydrogen-bond acceptors (Lipinski definition) is 3. The largest absolute Gasteiger partial charge is 0.316 e. The molecule has 0 aliphatic carbocycles. The first-order valence-electron chi connectivity index (χ1n) is 6.86. The molecule has 1 aliphatic heterocycles. The van der Waals surface area contributed by atoms with Gasteiger partial charge in [0, 0.05) is 19.7 Å². The third kappa shape index (κ3) is 3.67. The summed E-state index contributed by atoms with van der Waals surface area (Å²) in [5.74, 6) is 1.45. The van der Waals surface area contributed by atoms with Crippen LogP contribution in [-0.2, 0) is 18.3 Å². The topological polar surface area (TPSA) is 46.9 Å². The summed E-state index contributed by atoms with van der Waals surface area (Å²) in [6, 6.07) is 1.92. The zero-order valence-corrected chi connectivity index (χ0v) is 11.4. The lowest BCUT2D eigenvalue weighted by molar-refractivity contribution is -0.119. The van der Waals surface area contributed by atoms with Crippen LogP contribution in [0.2, 0.25) is 0 Å². The molecular weight excluding hydrogens is 226 g/mol. The van der Waals surface area contributed by atoms with Crippen LogP contribution < -0.4 is 5.32 Å². The molecule has 0 saturated carbocycles. The van der Waals surface area contributed by atoms with E-state index in [9.17, 15) is 4.79 Å². The lowest BCUT2D eigenvalue weighted by Gasteiger charge is -2.27. The number of carbonyl (C=O) groups excluding carboxylic acids is 1. The molecule has 1 saturated heterocycles. The highest BCUT2D eigenvalue weighted by atomic mass is 16.1. The molecule has 18 heavy (non-hydrogen) atoms. The van der Waals surface area contributed by atoms with E-state index < -0.39 is 0 Å². The van der Waals surface area contributed by atoms with Gasteiger partial charge in [-0.2, -0.15) is 5.10 Å². The first kappa shape index (κ1) is 13.3. The van der Waals surface area contributed by atoms with E-state index in [-0.39, 0.29) is 0 Å². The molecule has 0 amide bonds. The van der Waals surface area contributed by atoms with Gasteiger partial charge in [-0.25, -0.2) is 0 Å². The minimum atomic E-state index is 0.312. The Balaban J connectivity index is 1.79. The van der Waals surface area contributed by atoms with Gasteiger partial charge in [-0.3, -0.25) is 9.48 Å². The molecule has 1 fully saturated rings. The zero-order chi connectivity index (χ0) is 13.0. The van der Waals surface area contributed by atoms with E-state index in [0.717, 1.165) is 18.8 Å². The van der Waals surface area contributed by atoms with E-state index in [1.54, 1.807) is 4.68 Å². The molecule has 0 radical (unpaired) electrons. The fraction of sp³-hybridized carbons (Fsp3) is 0.714. The van der Waals surface area contributed by atoms with Crippen LogP contribution in [0.15, 0.2) is 12.3 Å². The number of piperidine rings is 1. The number of aromatic nitrogens is 2. The van der Waals surface area contributed by atoms with Gasteiger partial charge in [-0.15, -0.1) is 0 Å². The molecule has 0 bridgehead atoms. The molecule has 4 heteroatoms. The van der Waals surface area contributed by atoms with Crippen molar-refractivity contribution in [1.82, 2.24) is 15.1 Å². The second-order valence-corrected chi connectivity index (χ2v) is 5.48. The molecule has 4 nitrogen and oxygen atoms in total. The van der Waals surface area contributed by atoms with Crippen LogP contribution in [-0.4, -0.2) is 28.7 Å². The minimum absolute atomic E-state index is 0.312. The normalized spacial score (nSPS) is 21.8. The average Bonchev–Trinajstić information content (AvgIpc) is 2.75. The molecule has 1 N–H and O–H groups in total. The van der Waals surface area contributed by atoms with Crippen molar-refractivity contribution in [2.75, 3.05) is 13.1 Å². The maximum atomic E-state index is 12.0. The summed E-state index contributed by atoms with van der Waals surface area (Å²) in [6.45, 7) is 4.40. The molecular formula is C14H23N3O. The van der Waals surface area contributed by atoms with Crippen molar-refractivity contribution in [3.63, 3.8) is 0 Å². The highest BCUT2D eigenvalue weighted by Gasteiger charge is 2.22. The molecule has 1 aromatic heterocycles. The second-order valence-electron chi connectivity index (χ2n) is 5.48. The number of aryl methyl sites for hydroxylation is 1. The van der Waals surface area contributed by atoms with Crippen LogP contribution in [0.25, 0.3) is 0 Å². The predicted octanol–water partition coefficient (Wildman–Crippen LogP) is 1.56. The van der Waals surface area contributed by atoms with Gasteiger partial charge < -0.3 is 5.32 Å². The summed E-state index contributed by atoms with van der Waals surface area (Å²) < 4.78 is 1.75. The van der Waals surface area contributed by atoms with Crippen molar-refractivity contribution in [2.24, 2.45) is 18.9 Å². The van der Waals surface area contributed by atoms with E-state index in [1.165, 1.54) is 12.8 Å². The summed E-state index contributed by atoms with van der Waals surface area (Å²) in [6.07, 6.45) is 5.54. The third-order valence-corrected chi connectivity index (χ3v) is 3.84. The van der Waals surface area contributed by atoms with E-state index in [0.29, 0.717) is 30.5 Å². The molecule has 0 aromatic carbocycles. The van der Waals surface area contributed by atoms with Crippen molar-refractivity contribution in [1.29, 1.82) is 0 Å². The Morgan fingerprint density at radius 3 is 3.11 bits per heavy atom. The third-order valence-electron chi connectivity index (χ3n) is 3.84. The fourth-order valence-electron chi connectivity index (χ4n) is 2.72. The number of Topliss-reactive ketones (excluding diaryl/α,β-unsaturated/α-hetero) is 1. The molecule has 100 valence electrons. The average molecular weight is 249 g/mol. The first-order chi connectivity index (χ1) is 8.65. The van der Waals surface area contributed by atoms with Gasteiger partial charge in [-0.05, 0) is 43.8 Å². The highest BCUT2D eigenvalue weighted by molar-refractivity contribution is 5.80. The highest BCUT2D eigenvalue weighted by Crippen LogP contribution is 2.23. The molecule has 2 heterocycles. The quantitative estimate of drug-likeness (QED) is 0.861. The number of nitrogens with one attached hydrogen (secondary N) is 1. The molecule has 2 rings (SSSR count). The number of hydrogen-bond donors (Lipinski definition) is 1. The monoisotopic (exact) mass is 249 g/mol. The minimum Gasteiger partial charge on any atom is -0.316 e. The summed E-state index contributed by atoms with van der Waals surface area (Å²) in [5.41, 5.74) is 0.886. The van der Waals surface area contributed by atoms with Crippen LogP contribution in [0.5, 0.6) is 0 Å². The number of carbonyl (C=O) groups is 1. The number of rotatable bonds is 5. The Morgan fingerprint density at radius 2 is 2.50 bits per heavy atom. The van der Waals surface area contributed by atoms with Gasteiger partial charge in [0.25, 0.3) is 0 Å². The summed E-state index contributed by atoms with van der Waals surface area (Å²) >= 11 is 0. The van der Waals surface area contributed by atoms with Gasteiger partial charge in [-0.1, -0.05) is 6.92 Å². The molecule has 1 aromatic rings. The van der Waals surface area contributed by atoms with Crippen molar-refractivity contribution < 1.29 is 4.79 Å². The maximum absolute atomic E-state index is 12.0. The second kappa shape index (κ2) is 6.14. The Bertz CT molecular complexity index is 393. The lowest BCUT2D eigenvalue weighted by Crippen LogP contribution is -2.34. The predicted molar refractivity (Wildman–Crippen MR) is 71.3 cm³/mol. The summed E-state index contributed by atoms with van der Waals surface area (Å²) in [4.78, 5) is 12.0. The van der Waals surface area contributed by atoms with Crippen molar-refractivity contribution in [2.45, 2.75) is 32.6 Å². The fourth-order valence-corrected chi connectivity index (χ4v) is 2.72. The molecule has 2 atom stereocenters. The van der Waals surface area contributed by atoms with Gasteiger partial charge >= 0.3 is 0 Å². The van der Waals surface area contributed by atoms with Crippen LogP contribution in [0.4, 0.5) is 0 Å². The van der Waals surface area contributed by atoms with Crippen LogP contribution in [0, 0.1) is 11.8 Å². The molecule has 0 spiro atoms. The maximum Gasteiger partial charge on any atom is 0.139 e. The smallest absolute Gasteiger partial charge is 0.139 e. The molecule has 2 unspecified atom stereocenters. The lowest BCUT2D eigenvalue weighted by atomic mass is 9.84. The summed E-state index contributed by atoms with van der Waals surface area (Å²) in [7, 11) is 1.88. The van der Waals surface area contributed by atoms with E-state index >= 15 is 0 Å². The molecule has 1 aliphatic rings. The van der Waals surface area contributed by atoms with Crippen LogP contribution in [0.3, 0.4) is 0 Å². The Hall–Kier alpha value is -1.16. The van der Waals surface area contributed by atoms with Crippen molar-refractivity contribution in [3.8, 4) is 0 Å². The summed E-state index contributed by atoms with van der Waals surface area (Å²) in [5, 5.41) is 7.67. The van der Waals surface area contributed by atoms with Crippen LogP contribution >= 0.6 is 0 Å². The van der Waals surface area contributed by atoms with Gasteiger partial charge in [0.1, 0.15) is 5.78 Å². The van der Waals surface area contributed by atoms with Gasteiger partial charge in [0.2, 0.25) is 0 Å². The number of ketones is 1. The van der Waals surface area contributed by atoms with Gasteiger partial charge in [0.15, 0.2) is 0 Å². The van der Waals surface area contributed by atoms with Gasteiger partial charge in [0.05, 0.1) is 12.1 Å².